The maximum absolute atomic E-state index is 12.4. The summed E-state index contributed by atoms with van der Waals surface area (Å²) in [4.78, 5) is 57.2. The Balaban J connectivity index is 1.72. The van der Waals surface area contributed by atoms with E-state index in [1.54, 1.807) is 19.1 Å². The molecule has 0 saturated heterocycles. The second kappa shape index (κ2) is 13.0. The van der Waals surface area contributed by atoms with E-state index >= 15 is 0 Å². The molecular weight excluding hydrogens is 510 g/mol. The van der Waals surface area contributed by atoms with Gasteiger partial charge in [-0.3, -0.25) is 29.8 Å². The van der Waals surface area contributed by atoms with Crippen molar-refractivity contribution in [3.63, 3.8) is 0 Å². The Morgan fingerprint density at radius 2 is 1.64 bits per heavy atom. The molecule has 0 aliphatic carbocycles. The summed E-state index contributed by atoms with van der Waals surface area (Å²) < 4.78 is 5.20. The number of anilines is 1. The van der Waals surface area contributed by atoms with E-state index in [0.717, 1.165) is 18.4 Å². The summed E-state index contributed by atoms with van der Waals surface area (Å²) in [6, 6.07) is 15.3. The van der Waals surface area contributed by atoms with Crippen LogP contribution in [-0.4, -0.2) is 33.8 Å². The molecule has 3 aromatic carbocycles. The number of carbonyl (C=O) groups excluding carboxylic acids is 3. The minimum absolute atomic E-state index is 0.0409. The molecule has 2 amide bonds. The number of rotatable bonds is 10. The van der Waals surface area contributed by atoms with Crippen LogP contribution < -0.4 is 15.5 Å². The molecule has 2 N–H and O–H groups in total. The van der Waals surface area contributed by atoms with Gasteiger partial charge in [0, 0.05) is 47.5 Å². The molecule has 3 rings (SSSR count). The van der Waals surface area contributed by atoms with Crippen LogP contribution >= 0.6 is 0 Å². The lowest BCUT2D eigenvalue weighted by Gasteiger charge is -2.07. The predicted octanol–water partition coefficient (Wildman–Crippen LogP) is 4.23. The quantitative estimate of drug-likeness (QED) is 0.0972. The van der Waals surface area contributed by atoms with Crippen molar-refractivity contribution < 1.29 is 29.0 Å². The van der Waals surface area contributed by atoms with Gasteiger partial charge in [0.05, 0.1) is 16.1 Å². The number of non-ortho nitro benzene ring substituents is 1. The molecule has 13 heteroatoms. The van der Waals surface area contributed by atoms with Crippen LogP contribution in [-0.2, 0) is 9.59 Å². The Labute approximate surface area is 221 Å². The third-order valence-corrected chi connectivity index (χ3v) is 5.06. The first kappa shape index (κ1) is 27.9. The van der Waals surface area contributed by atoms with Gasteiger partial charge in [0.15, 0.2) is 0 Å². The number of nitrogens with one attached hydrogen (secondary N) is 2. The average Bonchev–Trinajstić information content (AvgIpc) is 2.93. The molecule has 0 aliphatic heterocycles. The van der Waals surface area contributed by atoms with E-state index in [2.05, 4.69) is 15.8 Å². The minimum atomic E-state index is -0.948. The number of nitrogens with zero attached hydrogens (tertiary/aromatic N) is 3. The summed E-state index contributed by atoms with van der Waals surface area (Å²) in [6.45, 7) is 1.71. The van der Waals surface area contributed by atoms with Crippen LogP contribution in [0.2, 0.25) is 0 Å². The van der Waals surface area contributed by atoms with Gasteiger partial charge < -0.3 is 10.1 Å². The summed E-state index contributed by atoms with van der Waals surface area (Å²) in [5.41, 5.74) is 2.91. The van der Waals surface area contributed by atoms with Gasteiger partial charge in [-0.05, 0) is 54.1 Å². The fourth-order valence-corrected chi connectivity index (χ4v) is 3.08. The second-order valence-corrected chi connectivity index (χ2v) is 7.73. The van der Waals surface area contributed by atoms with Crippen LogP contribution in [0.4, 0.5) is 17.1 Å². The van der Waals surface area contributed by atoms with E-state index in [1.807, 2.05) is 0 Å². The number of benzene rings is 3. The van der Waals surface area contributed by atoms with E-state index < -0.39 is 33.2 Å². The highest BCUT2D eigenvalue weighted by Crippen LogP contribution is 2.30. The Bertz CT molecular complexity index is 1460. The summed E-state index contributed by atoms with van der Waals surface area (Å²) >= 11 is 0. The van der Waals surface area contributed by atoms with E-state index in [4.69, 9.17) is 4.74 Å². The van der Waals surface area contributed by atoms with Gasteiger partial charge >= 0.3 is 11.7 Å². The number of carbonyl (C=O) groups is 3. The number of amides is 2. The molecule has 0 aromatic heterocycles. The van der Waals surface area contributed by atoms with Crippen molar-refractivity contribution in [2.75, 3.05) is 5.32 Å². The van der Waals surface area contributed by atoms with Crippen LogP contribution in [0.15, 0.2) is 77.9 Å². The number of hydrogen-bond acceptors (Lipinski definition) is 9. The molecule has 0 aliphatic rings. The van der Waals surface area contributed by atoms with Crippen LogP contribution in [0.3, 0.4) is 0 Å². The molecule has 0 heterocycles. The fraction of sp³-hybridized carbons (Fsp3) is 0.0769. The fourth-order valence-electron chi connectivity index (χ4n) is 3.08. The Morgan fingerprint density at radius 1 is 0.949 bits per heavy atom. The number of hydrazone groups is 1. The summed E-state index contributed by atoms with van der Waals surface area (Å²) in [6.07, 6.45) is 3.73. The number of para-hydroxylation sites is 1. The smallest absolute Gasteiger partial charge is 0.336 e. The molecule has 3 aromatic rings. The lowest BCUT2D eigenvalue weighted by Crippen LogP contribution is -2.18. The number of esters is 1. The molecule has 0 spiro atoms. The molecule has 0 fully saturated rings. The predicted molar refractivity (Wildman–Crippen MR) is 141 cm³/mol. The van der Waals surface area contributed by atoms with Gasteiger partial charge in [-0.25, -0.2) is 10.2 Å². The Kier molecular flexibility index (Phi) is 9.29. The summed E-state index contributed by atoms with van der Waals surface area (Å²) in [7, 11) is 0. The third-order valence-electron chi connectivity index (χ3n) is 5.06. The number of nitro groups is 2. The van der Waals surface area contributed by atoms with Crippen molar-refractivity contribution in [2.45, 2.75) is 13.3 Å². The zero-order valence-electron chi connectivity index (χ0n) is 20.4. The lowest BCUT2D eigenvalue weighted by molar-refractivity contribution is -0.385. The van der Waals surface area contributed by atoms with Gasteiger partial charge in [0.1, 0.15) is 0 Å². The number of nitro benzene ring substituents is 2. The number of hydrogen-bond donors (Lipinski definition) is 2. The topological polar surface area (TPSA) is 183 Å². The molecule has 39 heavy (non-hydrogen) atoms. The maximum Gasteiger partial charge on any atom is 0.336 e. The van der Waals surface area contributed by atoms with E-state index in [1.165, 1.54) is 54.6 Å². The zero-order valence-corrected chi connectivity index (χ0v) is 20.4. The second-order valence-electron chi connectivity index (χ2n) is 7.73. The van der Waals surface area contributed by atoms with Crippen LogP contribution in [0.1, 0.15) is 34.8 Å². The third kappa shape index (κ3) is 7.88. The van der Waals surface area contributed by atoms with Crippen molar-refractivity contribution in [3.8, 4) is 5.75 Å². The molecule has 0 saturated carbocycles. The van der Waals surface area contributed by atoms with Gasteiger partial charge in [-0.2, -0.15) is 5.10 Å². The van der Waals surface area contributed by atoms with Crippen molar-refractivity contribution >= 4 is 47.1 Å². The summed E-state index contributed by atoms with van der Waals surface area (Å²) in [5, 5.41) is 28.7. The zero-order chi connectivity index (χ0) is 28.4. The normalized spacial score (nSPS) is 10.8. The molecule has 0 radical (unpaired) electrons. The summed E-state index contributed by atoms with van der Waals surface area (Å²) in [5.74, 6) is -2.10. The largest absolute Gasteiger partial charge is 0.415 e. The minimum Gasteiger partial charge on any atom is -0.415 e. The van der Waals surface area contributed by atoms with Crippen LogP contribution in [0.5, 0.6) is 5.75 Å². The van der Waals surface area contributed by atoms with Gasteiger partial charge in [-0.1, -0.05) is 13.0 Å². The molecule has 13 nitrogen and oxygen atoms in total. The molecule has 0 unspecified atom stereocenters. The highest BCUT2D eigenvalue weighted by molar-refractivity contribution is 5.97. The van der Waals surface area contributed by atoms with Crippen molar-refractivity contribution in [1.82, 2.24) is 5.43 Å². The molecular formula is C26H21N5O8. The van der Waals surface area contributed by atoms with E-state index in [9.17, 15) is 34.6 Å². The van der Waals surface area contributed by atoms with Crippen LogP contribution in [0.25, 0.3) is 6.08 Å². The first-order valence-electron chi connectivity index (χ1n) is 11.3. The first-order chi connectivity index (χ1) is 18.7. The molecule has 0 bridgehead atoms. The van der Waals surface area contributed by atoms with Gasteiger partial charge in [-0.15, -0.1) is 0 Å². The standard InChI is InChI=1S/C26H21N5O8/c1-2-23(32)28-20-11-9-18(10-12-20)26(34)29-27-16-19-4-3-5-22(31(37)38)25(19)39-24(33)15-8-17-6-13-21(14-7-17)30(35)36/h3-16H,2H2,1H3,(H,28,32)(H,29,34)/b15-8+,27-16+. The van der Waals surface area contributed by atoms with Gasteiger partial charge in [0.2, 0.25) is 11.7 Å². The first-order valence-corrected chi connectivity index (χ1v) is 11.3. The Hall–Kier alpha value is -5.72. The Morgan fingerprint density at radius 3 is 2.26 bits per heavy atom. The monoisotopic (exact) mass is 531 g/mol. The van der Waals surface area contributed by atoms with Crippen molar-refractivity contribution in [1.29, 1.82) is 0 Å². The van der Waals surface area contributed by atoms with Crippen LogP contribution in [0, 0.1) is 20.2 Å². The number of ether oxygens (including phenoxy) is 1. The van der Waals surface area contributed by atoms with E-state index in [0.29, 0.717) is 17.7 Å². The van der Waals surface area contributed by atoms with Crippen molar-refractivity contribution in [2.24, 2.45) is 5.10 Å². The highest BCUT2D eigenvalue weighted by atomic mass is 16.6. The van der Waals surface area contributed by atoms with E-state index in [-0.39, 0.29) is 22.7 Å². The molecule has 198 valence electrons. The van der Waals surface area contributed by atoms with Gasteiger partial charge in [0.25, 0.3) is 11.6 Å². The highest BCUT2D eigenvalue weighted by Gasteiger charge is 2.20. The van der Waals surface area contributed by atoms with Crippen molar-refractivity contribution in [3.05, 3.63) is 110 Å². The average molecular weight is 531 g/mol. The maximum atomic E-state index is 12.4. The molecule has 0 atom stereocenters. The SMILES string of the molecule is CCC(=O)Nc1ccc(C(=O)N/N=C/c2cccc([N+](=O)[O-])c2OC(=O)/C=C/c2ccc([N+](=O)[O-])cc2)cc1. The lowest BCUT2D eigenvalue weighted by atomic mass is 10.2.